The van der Waals surface area contributed by atoms with E-state index < -0.39 is 17.7 Å². The van der Waals surface area contributed by atoms with E-state index in [4.69, 9.17) is 9.47 Å². The van der Waals surface area contributed by atoms with E-state index >= 15 is 0 Å². The number of carbonyl (C=O) groups excluding carboxylic acids is 1. The lowest BCUT2D eigenvalue weighted by atomic mass is 10.2. The summed E-state index contributed by atoms with van der Waals surface area (Å²) < 4.78 is 53.2. The van der Waals surface area contributed by atoms with Crippen molar-refractivity contribution in [3.8, 4) is 11.6 Å². The fourth-order valence-corrected chi connectivity index (χ4v) is 1.86. The summed E-state index contributed by atoms with van der Waals surface area (Å²) in [4.78, 5) is 19.7. The summed E-state index contributed by atoms with van der Waals surface area (Å²) in [5, 5.41) is 0. The van der Waals surface area contributed by atoms with Gasteiger partial charge < -0.3 is 14.2 Å². The van der Waals surface area contributed by atoms with Crippen LogP contribution in [0.15, 0.2) is 42.9 Å². The lowest BCUT2D eigenvalue weighted by molar-refractivity contribution is -0.137. The number of halogens is 3. The third-order valence-electron chi connectivity index (χ3n) is 2.94. The number of carbonyl (C=O) groups is 1. The van der Waals surface area contributed by atoms with E-state index in [0.29, 0.717) is 0 Å². The zero-order valence-corrected chi connectivity index (χ0v) is 13.2. The van der Waals surface area contributed by atoms with Crippen LogP contribution in [0.4, 0.5) is 13.2 Å². The first kappa shape index (κ1) is 18.2. The number of alkyl halides is 3. The van der Waals surface area contributed by atoms with Gasteiger partial charge in [0.25, 0.3) is 0 Å². The second-order valence-corrected chi connectivity index (χ2v) is 4.60. The molecule has 1 aromatic carbocycles. The molecule has 0 saturated heterocycles. The second-order valence-electron chi connectivity index (χ2n) is 4.60. The van der Waals surface area contributed by atoms with Crippen molar-refractivity contribution in [2.24, 2.45) is 0 Å². The number of esters is 1. The Kier molecular flexibility index (Phi) is 5.58. The first-order valence-corrected chi connectivity index (χ1v) is 6.84. The molecule has 2 aromatic rings. The summed E-state index contributed by atoms with van der Waals surface area (Å²) in [5.74, 6) is -1.05. The Hall–Kier alpha value is -3.10. The van der Waals surface area contributed by atoms with Gasteiger partial charge in [-0.3, -0.25) is 0 Å². The number of benzene rings is 1. The molecule has 0 N–H and O–H groups in total. The van der Waals surface area contributed by atoms with Gasteiger partial charge in [0.15, 0.2) is 0 Å². The van der Waals surface area contributed by atoms with Crippen LogP contribution in [0.5, 0.6) is 11.6 Å². The molecule has 0 aliphatic heterocycles. The highest BCUT2D eigenvalue weighted by Gasteiger charge is 2.31. The number of aromatic nitrogens is 2. The van der Waals surface area contributed by atoms with Gasteiger partial charge in [0, 0.05) is 12.4 Å². The fourth-order valence-electron chi connectivity index (χ4n) is 1.86. The molecule has 1 heterocycles. The van der Waals surface area contributed by atoms with Crippen molar-refractivity contribution in [3.63, 3.8) is 0 Å². The van der Waals surface area contributed by atoms with E-state index in [2.05, 4.69) is 14.7 Å². The van der Waals surface area contributed by atoms with Gasteiger partial charge in [0.05, 0.1) is 26.0 Å². The molecule has 0 saturated carbocycles. The molecule has 2 rings (SSSR count). The molecule has 0 aliphatic rings. The van der Waals surface area contributed by atoms with Gasteiger partial charge in [-0.1, -0.05) is 6.07 Å². The molecule has 0 spiro atoms. The van der Waals surface area contributed by atoms with E-state index in [-0.39, 0.29) is 22.9 Å². The first-order valence-electron chi connectivity index (χ1n) is 6.84. The number of hydrogen-bond donors (Lipinski definition) is 0. The Bertz CT molecular complexity index is 791. The summed E-state index contributed by atoms with van der Waals surface area (Å²) in [5.41, 5.74) is -1.01. The molecule has 6 nitrogen and oxygen atoms in total. The second kappa shape index (κ2) is 7.65. The van der Waals surface area contributed by atoms with E-state index in [1.165, 1.54) is 31.6 Å². The van der Waals surface area contributed by atoms with Crippen molar-refractivity contribution in [1.29, 1.82) is 0 Å². The molecule has 0 radical (unpaired) electrons. The molecule has 0 unspecified atom stereocenters. The van der Waals surface area contributed by atoms with Crippen LogP contribution in [-0.2, 0) is 20.4 Å². The van der Waals surface area contributed by atoms with Crippen molar-refractivity contribution < 1.29 is 32.2 Å². The predicted octanol–water partition coefficient (Wildman–Crippen LogP) is 3.45. The topological polar surface area (TPSA) is 70.5 Å². The molecule has 0 atom stereocenters. The number of hydrogen-bond acceptors (Lipinski definition) is 6. The number of rotatable bonds is 5. The van der Waals surface area contributed by atoms with Crippen molar-refractivity contribution in [3.05, 3.63) is 54.2 Å². The van der Waals surface area contributed by atoms with Crippen LogP contribution in [0.25, 0.3) is 5.57 Å². The predicted molar refractivity (Wildman–Crippen MR) is 80.6 cm³/mol. The van der Waals surface area contributed by atoms with Crippen LogP contribution in [0.2, 0.25) is 0 Å². The minimum atomic E-state index is -4.52. The Balaban J connectivity index is 2.42. The average molecular weight is 354 g/mol. The third-order valence-corrected chi connectivity index (χ3v) is 2.94. The van der Waals surface area contributed by atoms with E-state index in [0.717, 1.165) is 25.5 Å². The standard InChI is InChI=1S/C16H13F3N2O4/c1-23-9-12(15(22)24-2)13-14(21-7-6-20-13)25-11-5-3-4-10(8-11)16(17,18)19/h3-9H,1-2H3. The van der Waals surface area contributed by atoms with Crippen molar-refractivity contribution >= 4 is 11.5 Å². The van der Waals surface area contributed by atoms with Crippen LogP contribution in [0.1, 0.15) is 11.3 Å². The Morgan fingerprint density at radius 2 is 1.88 bits per heavy atom. The Morgan fingerprint density at radius 3 is 2.52 bits per heavy atom. The van der Waals surface area contributed by atoms with Gasteiger partial charge in [0.1, 0.15) is 17.0 Å². The van der Waals surface area contributed by atoms with Crippen LogP contribution in [0, 0.1) is 0 Å². The molecular weight excluding hydrogens is 341 g/mol. The maximum Gasteiger partial charge on any atom is 0.416 e. The summed E-state index contributed by atoms with van der Waals surface area (Å²) in [6.45, 7) is 0. The minimum Gasteiger partial charge on any atom is -0.503 e. The summed E-state index contributed by atoms with van der Waals surface area (Å²) in [6.07, 6.45) is -0.874. The number of nitrogens with zero attached hydrogens (tertiary/aromatic N) is 2. The number of methoxy groups -OCH3 is 2. The maximum absolute atomic E-state index is 12.8. The van der Waals surface area contributed by atoms with Gasteiger partial charge in [-0.05, 0) is 18.2 Å². The van der Waals surface area contributed by atoms with Crippen molar-refractivity contribution in [1.82, 2.24) is 9.97 Å². The lowest BCUT2D eigenvalue weighted by Gasteiger charge is -2.12. The smallest absolute Gasteiger partial charge is 0.416 e. The molecule has 25 heavy (non-hydrogen) atoms. The fraction of sp³-hybridized carbons (Fsp3) is 0.188. The van der Waals surface area contributed by atoms with Gasteiger partial charge in [0.2, 0.25) is 5.88 Å². The molecule has 0 bridgehead atoms. The highest BCUT2D eigenvalue weighted by molar-refractivity contribution is 6.16. The average Bonchev–Trinajstić information content (AvgIpc) is 2.59. The molecule has 0 aliphatic carbocycles. The summed E-state index contributed by atoms with van der Waals surface area (Å²) in [6, 6.07) is 4.25. The highest BCUT2D eigenvalue weighted by atomic mass is 19.4. The van der Waals surface area contributed by atoms with Crippen molar-refractivity contribution in [2.75, 3.05) is 14.2 Å². The summed E-state index contributed by atoms with van der Waals surface area (Å²) in [7, 11) is 2.47. The molecule has 9 heteroatoms. The normalized spacial score (nSPS) is 11.8. The number of ether oxygens (including phenoxy) is 3. The van der Waals surface area contributed by atoms with Crippen LogP contribution in [0.3, 0.4) is 0 Å². The quantitative estimate of drug-likeness (QED) is 0.465. The zero-order valence-electron chi connectivity index (χ0n) is 13.2. The zero-order chi connectivity index (χ0) is 18.4. The third kappa shape index (κ3) is 4.46. The Morgan fingerprint density at radius 1 is 1.16 bits per heavy atom. The van der Waals surface area contributed by atoms with Gasteiger partial charge in [-0.25, -0.2) is 14.8 Å². The summed E-state index contributed by atoms with van der Waals surface area (Å²) >= 11 is 0. The van der Waals surface area contributed by atoms with Crippen LogP contribution in [-0.4, -0.2) is 30.2 Å². The van der Waals surface area contributed by atoms with Crippen LogP contribution < -0.4 is 4.74 Å². The molecule has 0 amide bonds. The Labute approximate surface area is 140 Å². The molecule has 0 fully saturated rings. The van der Waals surface area contributed by atoms with Gasteiger partial charge in [-0.15, -0.1) is 0 Å². The SMILES string of the molecule is COC=C(C(=O)OC)c1nccnc1Oc1cccc(C(F)(F)F)c1. The lowest BCUT2D eigenvalue weighted by Crippen LogP contribution is -2.08. The monoisotopic (exact) mass is 354 g/mol. The first-order chi connectivity index (χ1) is 11.9. The van der Waals surface area contributed by atoms with Crippen LogP contribution >= 0.6 is 0 Å². The molecular formula is C16H13F3N2O4. The van der Waals surface area contributed by atoms with Gasteiger partial charge >= 0.3 is 12.1 Å². The van der Waals surface area contributed by atoms with Crippen molar-refractivity contribution in [2.45, 2.75) is 6.18 Å². The van der Waals surface area contributed by atoms with E-state index in [1.54, 1.807) is 0 Å². The largest absolute Gasteiger partial charge is 0.503 e. The minimum absolute atomic E-state index is 0.0337. The van der Waals surface area contributed by atoms with Gasteiger partial charge in [-0.2, -0.15) is 13.2 Å². The highest BCUT2D eigenvalue weighted by Crippen LogP contribution is 2.33. The van der Waals surface area contributed by atoms with E-state index in [1.807, 2.05) is 0 Å². The maximum atomic E-state index is 12.8. The molecule has 1 aromatic heterocycles. The molecule has 132 valence electrons. The van der Waals surface area contributed by atoms with E-state index in [9.17, 15) is 18.0 Å².